The van der Waals surface area contributed by atoms with Crippen LogP contribution in [0.5, 0.6) is 5.75 Å². The number of likely N-dealkylation sites (tertiary alicyclic amines) is 1. The van der Waals surface area contributed by atoms with Gasteiger partial charge in [0.05, 0.1) is 6.20 Å². The van der Waals surface area contributed by atoms with Gasteiger partial charge >= 0.3 is 0 Å². The summed E-state index contributed by atoms with van der Waals surface area (Å²) in [5, 5.41) is 3.96. The van der Waals surface area contributed by atoms with Gasteiger partial charge in [0.2, 0.25) is 11.7 Å². The number of rotatable bonds is 6. The van der Waals surface area contributed by atoms with E-state index in [1.807, 2.05) is 0 Å². The van der Waals surface area contributed by atoms with Crippen molar-refractivity contribution < 1.29 is 18.4 Å². The van der Waals surface area contributed by atoms with Crippen molar-refractivity contribution in [1.29, 1.82) is 0 Å². The minimum absolute atomic E-state index is 0.0737. The maximum Gasteiger partial charge on any atom is 0.260 e. The van der Waals surface area contributed by atoms with Crippen LogP contribution in [0.4, 0.5) is 4.39 Å². The quantitative estimate of drug-likeness (QED) is 0.631. The zero-order valence-corrected chi connectivity index (χ0v) is 15.7. The van der Waals surface area contributed by atoms with E-state index in [2.05, 4.69) is 20.1 Å². The first-order valence-electron chi connectivity index (χ1n) is 9.42. The molecule has 1 aliphatic rings. The van der Waals surface area contributed by atoms with Crippen LogP contribution in [0.1, 0.15) is 18.7 Å². The molecule has 0 spiro atoms. The lowest BCUT2D eigenvalue weighted by molar-refractivity contribution is -0.135. The fraction of sp³-hybridized carbons (Fsp3) is 0.350. The topological polar surface area (TPSA) is 94.2 Å². The molecule has 0 aliphatic carbocycles. The predicted molar refractivity (Wildman–Crippen MR) is 100 cm³/mol. The summed E-state index contributed by atoms with van der Waals surface area (Å²) >= 11 is 0. The van der Waals surface area contributed by atoms with E-state index < -0.39 is 0 Å². The van der Waals surface area contributed by atoms with Crippen molar-refractivity contribution in [3.05, 3.63) is 54.6 Å². The first kappa shape index (κ1) is 19.0. The average molecular weight is 397 g/mol. The molecule has 3 aromatic rings. The molecule has 0 radical (unpaired) electrons. The first-order valence-corrected chi connectivity index (χ1v) is 9.42. The van der Waals surface area contributed by atoms with Crippen LogP contribution in [0.25, 0.3) is 11.5 Å². The van der Waals surface area contributed by atoms with Crippen LogP contribution < -0.4 is 4.74 Å². The molecule has 1 fully saturated rings. The molecule has 150 valence electrons. The second kappa shape index (κ2) is 8.76. The summed E-state index contributed by atoms with van der Waals surface area (Å²) in [4.78, 5) is 26.8. The monoisotopic (exact) mass is 397 g/mol. The number of carbonyl (C=O) groups excluding carboxylic acids is 1. The highest BCUT2D eigenvalue weighted by Crippen LogP contribution is 2.22. The summed E-state index contributed by atoms with van der Waals surface area (Å²) in [6.45, 7) is 1.22. The summed E-state index contributed by atoms with van der Waals surface area (Å²) in [5.41, 5.74) is 0.556. The molecular weight excluding hydrogens is 377 g/mol. The Bertz CT molecular complexity index is 948. The van der Waals surface area contributed by atoms with Gasteiger partial charge in [0.15, 0.2) is 6.61 Å². The number of ether oxygens (including phenoxy) is 1. The summed E-state index contributed by atoms with van der Waals surface area (Å²) < 4.78 is 23.8. The number of halogens is 1. The Balaban J connectivity index is 1.30. The Morgan fingerprint density at radius 2 is 2.14 bits per heavy atom. The zero-order chi connectivity index (χ0) is 20.1. The van der Waals surface area contributed by atoms with Crippen LogP contribution in [-0.4, -0.2) is 50.6 Å². The molecular formula is C20H20FN5O3. The maximum absolute atomic E-state index is 12.9. The molecule has 2 aromatic heterocycles. The van der Waals surface area contributed by atoms with Gasteiger partial charge in [0, 0.05) is 31.9 Å². The van der Waals surface area contributed by atoms with Crippen molar-refractivity contribution in [2.75, 3.05) is 19.7 Å². The van der Waals surface area contributed by atoms with Gasteiger partial charge in [0.25, 0.3) is 5.91 Å². The van der Waals surface area contributed by atoms with Crippen LogP contribution >= 0.6 is 0 Å². The van der Waals surface area contributed by atoms with Crippen LogP contribution in [0.2, 0.25) is 0 Å². The number of nitrogens with zero attached hydrogens (tertiary/aromatic N) is 5. The number of hydrogen-bond donors (Lipinski definition) is 0. The molecule has 1 aromatic carbocycles. The number of carbonyl (C=O) groups is 1. The predicted octanol–water partition coefficient (Wildman–Crippen LogP) is 2.53. The molecule has 0 bridgehead atoms. The minimum Gasteiger partial charge on any atom is -0.484 e. The van der Waals surface area contributed by atoms with Gasteiger partial charge < -0.3 is 14.2 Å². The van der Waals surface area contributed by atoms with E-state index in [1.165, 1.54) is 24.3 Å². The van der Waals surface area contributed by atoms with E-state index in [4.69, 9.17) is 9.26 Å². The van der Waals surface area contributed by atoms with Crippen molar-refractivity contribution in [1.82, 2.24) is 25.0 Å². The highest BCUT2D eigenvalue weighted by atomic mass is 19.1. The number of hydrogen-bond acceptors (Lipinski definition) is 7. The van der Waals surface area contributed by atoms with Crippen molar-refractivity contribution in [2.24, 2.45) is 5.92 Å². The lowest BCUT2D eigenvalue weighted by Crippen LogP contribution is -2.42. The normalized spacial score (nSPS) is 16.6. The molecule has 0 N–H and O–H groups in total. The molecule has 1 amide bonds. The largest absolute Gasteiger partial charge is 0.484 e. The molecule has 1 saturated heterocycles. The van der Waals surface area contributed by atoms with Crippen LogP contribution in [-0.2, 0) is 11.2 Å². The summed E-state index contributed by atoms with van der Waals surface area (Å²) in [7, 11) is 0. The van der Waals surface area contributed by atoms with E-state index in [-0.39, 0.29) is 24.2 Å². The van der Waals surface area contributed by atoms with E-state index in [1.54, 1.807) is 23.5 Å². The van der Waals surface area contributed by atoms with Gasteiger partial charge in [0.1, 0.15) is 17.3 Å². The fourth-order valence-corrected chi connectivity index (χ4v) is 3.33. The first-order chi connectivity index (χ1) is 14.2. The molecule has 9 heteroatoms. The van der Waals surface area contributed by atoms with Crippen molar-refractivity contribution in [2.45, 2.75) is 19.3 Å². The zero-order valence-electron chi connectivity index (χ0n) is 15.7. The van der Waals surface area contributed by atoms with Gasteiger partial charge in [-0.2, -0.15) is 4.98 Å². The number of benzene rings is 1. The molecule has 1 atom stereocenters. The second-order valence-corrected chi connectivity index (χ2v) is 6.90. The van der Waals surface area contributed by atoms with Gasteiger partial charge in [-0.15, -0.1) is 0 Å². The third-order valence-electron chi connectivity index (χ3n) is 4.77. The van der Waals surface area contributed by atoms with Gasteiger partial charge in [-0.05, 0) is 43.0 Å². The number of piperidine rings is 1. The highest BCUT2D eigenvalue weighted by Gasteiger charge is 2.26. The van der Waals surface area contributed by atoms with Crippen molar-refractivity contribution in [3.63, 3.8) is 0 Å². The molecule has 8 nitrogen and oxygen atoms in total. The van der Waals surface area contributed by atoms with E-state index in [9.17, 15) is 9.18 Å². The third kappa shape index (κ3) is 4.92. The lowest BCUT2D eigenvalue weighted by Gasteiger charge is -2.32. The number of amides is 1. The second-order valence-electron chi connectivity index (χ2n) is 6.90. The summed E-state index contributed by atoms with van der Waals surface area (Å²) in [6, 6.07) is 5.62. The highest BCUT2D eigenvalue weighted by molar-refractivity contribution is 5.77. The molecule has 3 heterocycles. The van der Waals surface area contributed by atoms with Crippen molar-refractivity contribution in [3.8, 4) is 17.3 Å². The van der Waals surface area contributed by atoms with Crippen molar-refractivity contribution >= 4 is 5.91 Å². The Hall–Kier alpha value is -3.36. The molecule has 29 heavy (non-hydrogen) atoms. The van der Waals surface area contributed by atoms with Gasteiger partial charge in [-0.3, -0.25) is 9.78 Å². The lowest BCUT2D eigenvalue weighted by atomic mass is 9.95. The summed E-state index contributed by atoms with van der Waals surface area (Å²) in [5.74, 6) is 1.19. The van der Waals surface area contributed by atoms with Crippen LogP contribution in [0.15, 0.2) is 47.4 Å². The molecule has 1 unspecified atom stereocenters. The molecule has 1 aliphatic heterocycles. The van der Waals surface area contributed by atoms with E-state index in [0.717, 1.165) is 12.8 Å². The maximum atomic E-state index is 12.9. The molecule has 4 rings (SSSR count). The van der Waals surface area contributed by atoms with Crippen LogP contribution in [0, 0.1) is 11.7 Å². The SMILES string of the molecule is O=C(COc1ccc(F)cc1)N1CCCC(Cc2nc(-c3cnccn3)no2)C1. The Morgan fingerprint density at radius 3 is 2.93 bits per heavy atom. The Morgan fingerprint density at radius 1 is 1.28 bits per heavy atom. The van der Waals surface area contributed by atoms with Gasteiger partial charge in [-0.1, -0.05) is 5.16 Å². The molecule has 0 saturated carbocycles. The van der Waals surface area contributed by atoms with E-state index in [0.29, 0.717) is 42.7 Å². The standard InChI is InChI=1S/C20H20FN5O3/c21-15-3-5-16(6-4-15)28-13-19(27)26-9-1-2-14(12-26)10-18-24-20(25-29-18)17-11-22-7-8-23-17/h3-8,11,14H,1-2,9-10,12-13H2. The fourth-order valence-electron chi connectivity index (χ4n) is 3.33. The van der Waals surface area contributed by atoms with Crippen LogP contribution in [0.3, 0.4) is 0 Å². The third-order valence-corrected chi connectivity index (χ3v) is 4.77. The number of aromatic nitrogens is 4. The Labute approximate surface area is 166 Å². The minimum atomic E-state index is -0.342. The smallest absolute Gasteiger partial charge is 0.260 e. The average Bonchev–Trinajstić information content (AvgIpc) is 3.22. The van der Waals surface area contributed by atoms with Gasteiger partial charge in [-0.25, -0.2) is 9.37 Å². The summed E-state index contributed by atoms with van der Waals surface area (Å²) in [6.07, 6.45) is 7.21. The Kier molecular flexibility index (Phi) is 5.73. The van der Waals surface area contributed by atoms with E-state index >= 15 is 0 Å².